The van der Waals surface area contributed by atoms with Crippen LogP contribution in [-0.4, -0.2) is 19.2 Å². The van der Waals surface area contributed by atoms with Gasteiger partial charge in [-0.05, 0) is 25.0 Å². The van der Waals surface area contributed by atoms with Gasteiger partial charge in [-0.15, -0.1) is 0 Å². The van der Waals surface area contributed by atoms with Crippen LogP contribution < -0.4 is 15.4 Å². The topological polar surface area (TPSA) is 50.4 Å². The van der Waals surface area contributed by atoms with E-state index >= 15 is 0 Å². The van der Waals surface area contributed by atoms with Gasteiger partial charge in [-0.1, -0.05) is 6.07 Å². The van der Waals surface area contributed by atoms with Gasteiger partial charge in [-0.3, -0.25) is 0 Å². The summed E-state index contributed by atoms with van der Waals surface area (Å²) in [7, 11) is 1.82. The predicted molar refractivity (Wildman–Crippen MR) is 58.2 cm³/mol. The van der Waals surface area contributed by atoms with Crippen molar-refractivity contribution in [1.82, 2.24) is 5.32 Å². The lowest BCUT2D eigenvalue weighted by Gasteiger charge is -2.06. The minimum Gasteiger partial charge on any atom is -0.410 e. The summed E-state index contributed by atoms with van der Waals surface area (Å²) in [5.41, 5.74) is 0.923. The molecule has 0 saturated heterocycles. The van der Waals surface area contributed by atoms with Crippen LogP contribution in [0.3, 0.4) is 0 Å². The van der Waals surface area contributed by atoms with Crippen LogP contribution in [0, 0.1) is 0 Å². The third kappa shape index (κ3) is 2.87. The standard InChI is InChI=1S/C11H14N2O2/c1-12-9-3-2-4-10(7-9)15-11(14)13-8-5-6-8/h2-4,7-8,12H,5-6H2,1H3,(H,13,14). The molecule has 1 aliphatic carbocycles. The monoisotopic (exact) mass is 206 g/mol. The fourth-order valence-electron chi connectivity index (χ4n) is 1.25. The maximum atomic E-state index is 11.3. The van der Waals surface area contributed by atoms with E-state index in [2.05, 4.69) is 10.6 Å². The first-order valence-corrected chi connectivity index (χ1v) is 5.04. The second-order valence-electron chi connectivity index (χ2n) is 3.59. The lowest BCUT2D eigenvalue weighted by molar-refractivity contribution is 0.200. The molecule has 15 heavy (non-hydrogen) atoms. The number of carbonyl (C=O) groups is 1. The van der Waals surface area contributed by atoms with Gasteiger partial charge in [-0.25, -0.2) is 4.79 Å². The molecule has 1 aliphatic rings. The fourth-order valence-corrected chi connectivity index (χ4v) is 1.25. The van der Waals surface area contributed by atoms with Gasteiger partial charge in [0.2, 0.25) is 0 Å². The zero-order valence-electron chi connectivity index (χ0n) is 8.62. The predicted octanol–water partition coefficient (Wildman–Crippen LogP) is 1.98. The molecule has 4 heteroatoms. The number of rotatable bonds is 3. The molecule has 2 rings (SSSR count). The molecule has 80 valence electrons. The van der Waals surface area contributed by atoms with Crippen molar-refractivity contribution < 1.29 is 9.53 Å². The highest BCUT2D eigenvalue weighted by atomic mass is 16.6. The summed E-state index contributed by atoms with van der Waals surface area (Å²) in [5, 5.41) is 5.74. The number of amides is 1. The molecular formula is C11H14N2O2. The van der Waals surface area contributed by atoms with Crippen molar-refractivity contribution >= 4 is 11.8 Å². The first-order chi connectivity index (χ1) is 7.28. The van der Waals surface area contributed by atoms with E-state index in [4.69, 9.17) is 4.74 Å². The SMILES string of the molecule is CNc1cccc(OC(=O)NC2CC2)c1. The van der Waals surface area contributed by atoms with Crippen molar-refractivity contribution in [3.63, 3.8) is 0 Å². The molecule has 0 heterocycles. The van der Waals surface area contributed by atoms with Gasteiger partial charge in [-0.2, -0.15) is 0 Å². The van der Waals surface area contributed by atoms with Crippen LogP contribution in [0.4, 0.5) is 10.5 Å². The number of nitrogens with one attached hydrogen (secondary N) is 2. The van der Waals surface area contributed by atoms with Crippen LogP contribution in [-0.2, 0) is 0 Å². The fraction of sp³-hybridized carbons (Fsp3) is 0.364. The van der Waals surface area contributed by atoms with Crippen molar-refractivity contribution in [3.05, 3.63) is 24.3 Å². The molecule has 0 aromatic heterocycles. The highest BCUT2D eigenvalue weighted by Crippen LogP contribution is 2.20. The van der Waals surface area contributed by atoms with E-state index in [9.17, 15) is 4.79 Å². The highest BCUT2D eigenvalue weighted by molar-refractivity contribution is 5.71. The van der Waals surface area contributed by atoms with Crippen LogP contribution in [0.1, 0.15) is 12.8 Å². The third-order valence-electron chi connectivity index (χ3n) is 2.23. The summed E-state index contributed by atoms with van der Waals surface area (Å²) >= 11 is 0. The van der Waals surface area contributed by atoms with Crippen LogP contribution >= 0.6 is 0 Å². The number of hydrogen-bond donors (Lipinski definition) is 2. The Morgan fingerprint density at radius 1 is 1.47 bits per heavy atom. The maximum absolute atomic E-state index is 11.3. The smallest absolute Gasteiger partial charge is 0.410 e. The molecule has 0 aliphatic heterocycles. The van der Waals surface area contributed by atoms with E-state index in [0.29, 0.717) is 11.8 Å². The van der Waals surface area contributed by atoms with Crippen molar-refractivity contribution in [2.45, 2.75) is 18.9 Å². The molecule has 2 N–H and O–H groups in total. The van der Waals surface area contributed by atoms with E-state index in [1.54, 1.807) is 12.1 Å². The normalized spacial score (nSPS) is 14.5. The molecule has 0 bridgehead atoms. The van der Waals surface area contributed by atoms with E-state index in [0.717, 1.165) is 18.5 Å². The molecule has 1 fully saturated rings. The van der Waals surface area contributed by atoms with Gasteiger partial charge in [0.15, 0.2) is 0 Å². The highest BCUT2D eigenvalue weighted by Gasteiger charge is 2.24. The van der Waals surface area contributed by atoms with Crippen LogP contribution in [0.25, 0.3) is 0 Å². The molecular weight excluding hydrogens is 192 g/mol. The summed E-state index contributed by atoms with van der Waals surface area (Å²) in [6.07, 6.45) is 1.75. The summed E-state index contributed by atoms with van der Waals surface area (Å²) in [6, 6.07) is 7.61. The minimum absolute atomic E-state index is 0.324. The number of carbonyl (C=O) groups excluding carboxylic acids is 1. The van der Waals surface area contributed by atoms with Gasteiger partial charge >= 0.3 is 6.09 Å². The van der Waals surface area contributed by atoms with Gasteiger partial charge in [0, 0.05) is 24.8 Å². The minimum atomic E-state index is -0.370. The lowest BCUT2D eigenvalue weighted by Crippen LogP contribution is -2.28. The summed E-state index contributed by atoms with van der Waals surface area (Å²) in [4.78, 5) is 11.3. The molecule has 4 nitrogen and oxygen atoms in total. The van der Waals surface area contributed by atoms with Crippen LogP contribution in [0.2, 0.25) is 0 Å². The molecule has 1 saturated carbocycles. The molecule has 0 atom stereocenters. The summed E-state index contributed by atoms with van der Waals surface area (Å²) in [5.74, 6) is 0.556. The Balaban J connectivity index is 1.93. The second-order valence-corrected chi connectivity index (χ2v) is 3.59. The Labute approximate surface area is 88.6 Å². The Morgan fingerprint density at radius 2 is 2.27 bits per heavy atom. The van der Waals surface area contributed by atoms with Crippen LogP contribution in [0.5, 0.6) is 5.75 Å². The second kappa shape index (κ2) is 4.21. The van der Waals surface area contributed by atoms with Crippen molar-refractivity contribution in [1.29, 1.82) is 0 Å². The Morgan fingerprint density at radius 3 is 2.93 bits per heavy atom. The van der Waals surface area contributed by atoms with Crippen molar-refractivity contribution in [2.75, 3.05) is 12.4 Å². The first kappa shape index (κ1) is 9.83. The van der Waals surface area contributed by atoms with E-state index < -0.39 is 0 Å². The zero-order chi connectivity index (χ0) is 10.7. The quantitative estimate of drug-likeness (QED) is 0.795. The van der Waals surface area contributed by atoms with E-state index in [-0.39, 0.29) is 6.09 Å². The largest absolute Gasteiger partial charge is 0.412 e. The number of ether oxygens (including phenoxy) is 1. The lowest BCUT2D eigenvalue weighted by atomic mass is 10.3. The average Bonchev–Trinajstić information content (AvgIpc) is 3.02. The van der Waals surface area contributed by atoms with Crippen molar-refractivity contribution in [3.8, 4) is 5.75 Å². The van der Waals surface area contributed by atoms with Gasteiger partial charge in [0.05, 0.1) is 0 Å². The van der Waals surface area contributed by atoms with E-state index in [1.165, 1.54) is 0 Å². The molecule has 0 unspecified atom stereocenters. The summed E-state index contributed by atoms with van der Waals surface area (Å²) < 4.78 is 5.12. The van der Waals surface area contributed by atoms with Gasteiger partial charge in [0.25, 0.3) is 0 Å². The Kier molecular flexibility index (Phi) is 2.76. The number of benzene rings is 1. The molecule has 0 spiro atoms. The number of anilines is 1. The molecule has 1 amide bonds. The average molecular weight is 206 g/mol. The maximum Gasteiger partial charge on any atom is 0.412 e. The first-order valence-electron chi connectivity index (χ1n) is 5.04. The van der Waals surface area contributed by atoms with Gasteiger partial charge in [0.1, 0.15) is 5.75 Å². The molecule has 1 aromatic rings. The Hall–Kier alpha value is -1.71. The molecule has 1 aromatic carbocycles. The van der Waals surface area contributed by atoms with E-state index in [1.807, 2.05) is 19.2 Å². The molecule has 0 radical (unpaired) electrons. The zero-order valence-corrected chi connectivity index (χ0v) is 8.62. The van der Waals surface area contributed by atoms with Gasteiger partial charge < -0.3 is 15.4 Å². The third-order valence-corrected chi connectivity index (χ3v) is 2.23. The Bertz CT molecular complexity index is 361. The van der Waals surface area contributed by atoms with Crippen molar-refractivity contribution in [2.24, 2.45) is 0 Å². The van der Waals surface area contributed by atoms with Crippen LogP contribution in [0.15, 0.2) is 24.3 Å². The summed E-state index contributed by atoms with van der Waals surface area (Å²) in [6.45, 7) is 0. The number of hydrogen-bond acceptors (Lipinski definition) is 3.